The lowest BCUT2D eigenvalue weighted by atomic mass is 10.0. The van der Waals surface area contributed by atoms with Crippen molar-refractivity contribution in [2.24, 2.45) is 0 Å². The molecule has 3 nitrogen and oxygen atoms in total. The molecule has 106 valence electrons. The average Bonchev–Trinajstić information content (AvgIpc) is 2.93. The van der Waals surface area contributed by atoms with Crippen LogP contribution in [0.1, 0.15) is 15.9 Å². The van der Waals surface area contributed by atoms with Gasteiger partial charge in [0.05, 0.1) is 23.1 Å². The molecule has 0 saturated carbocycles. The molecule has 0 unspecified atom stereocenters. The molecule has 1 N–H and O–H groups in total. The van der Waals surface area contributed by atoms with Crippen molar-refractivity contribution in [1.82, 2.24) is 4.98 Å². The van der Waals surface area contributed by atoms with Crippen molar-refractivity contribution >= 4 is 28.3 Å². The number of halogens is 2. The zero-order chi connectivity index (χ0) is 15.0. The second-order valence-corrected chi connectivity index (χ2v) is 4.89. The summed E-state index contributed by atoms with van der Waals surface area (Å²) in [5.41, 5.74) is 1.30. The first-order valence-corrected chi connectivity index (χ1v) is 6.64. The van der Waals surface area contributed by atoms with Crippen LogP contribution < -0.4 is 4.74 Å². The fraction of sp³-hybridized carbons (Fsp3) is 0.0625. The number of hydrogen-bond acceptors (Lipinski definition) is 2. The van der Waals surface area contributed by atoms with E-state index in [-0.39, 0.29) is 16.4 Å². The van der Waals surface area contributed by atoms with E-state index in [1.165, 1.54) is 25.3 Å². The van der Waals surface area contributed by atoms with Gasteiger partial charge in [-0.3, -0.25) is 4.79 Å². The Labute approximate surface area is 125 Å². The van der Waals surface area contributed by atoms with E-state index in [9.17, 15) is 9.18 Å². The molecule has 3 rings (SSSR count). The van der Waals surface area contributed by atoms with Gasteiger partial charge in [0.2, 0.25) is 0 Å². The van der Waals surface area contributed by atoms with Gasteiger partial charge in [-0.25, -0.2) is 4.39 Å². The molecule has 0 aliphatic rings. The maximum absolute atomic E-state index is 13.5. The van der Waals surface area contributed by atoms with E-state index in [2.05, 4.69) is 4.98 Å². The molecule has 21 heavy (non-hydrogen) atoms. The van der Waals surface area contributed by atoms with Crippen LogP contribution in [0, 0.1) is 5.82 Å². The number of rotatable bonds is 3. The molecular weight excluding hydrogens is 293 g/mol. The van der Waals surface area contributed by atoms with Crippen molar-refractivity contribution in [3.05, 3.63) is 64.6 Å². The van der Waals surface area contributed by atoms with Crippen molar-refractivity contribution in [2.75, 3.05) is 7.11 Å². The Morgan fingerprint density at radius 3 is 2.71 bits per heavy atom. The molecule has 3 aromatic rings. The molecule has 0 radical (unpaired) electrons. The monoisotopic (exact) mass is 303 g/mol. The third kappa shape index (κ3) is 2.17. The second kappa shape index (κ2) is 5.22. The van der Waals surface area contributed by atoms with Crippen LogP contribution in [0.2, 0.25) is 5.02 Å². The number of aromatic nitrogens is 1. The highest BCUT2D eigenvalue weighted by molar-refractivity contribution is 6.35. The molecule has 1 aromatic heterocycles. The van der Waals surface area contributed by atoms with Crippen LogP contribution in [0.25, 0.3) is 10.9 Å². The lowest BCUT2D eigenvalue weighted by Crippen LogP contribution is -2.03. The van der Waals surface area contributed by atoms with Gasteiger partial charge in [-0.15, -0.1) is 0 Å². The molecule has 0 bridgehead atoms. The van der Waals surface area contributed by atoms with Gasteiger partial charge in [0.25, 0.3) is 0 Å². The highest BCUT2D eigenvalue weighted by Crippen LogP contribution is 2.31. The van der Waals surface area contributed by atoms with E-state index in [0.29, 0.717) is 16.7 Å². The quantitative estimate of drug-likeness (QED) is 0.737. The summed E-state index contributed by atoms with van der Waals surface area (Å²) in [7, 11) is 1.53. The summed E-state index contributed by atoms with van der Waals surface area (Å²) < 4.78 is 18.8. The Kier molecular flexibility index (Phi) is 3.39. The van der Waals surface area contributed by atoms with E-state index in [1.54, 1.807) is 12.3 Å². The summed E-state index contributed by atoms with van der Waals surface area (Å²) in [6.45, 7) is 0. The third-order valence-corrected chi connectivity index (χ3v) is 3.71. The smallest absolute Gasteiger partial charge is 0.196 e. The van der Waals surface area contributed by atoms with Gasteiger partial charge >= 0.3 is 0 Å². The predicted octanol–water partition coefficient (Wildman–Crippen LogP) is 4.20. The predicted molar refractivity (Wildman–Crippen MR) is 79.7 cm³/mol. The fourth-order valence-corrected chi connectivity index (χ4v) is 2.54. The number of hydrogen-bond donors (Lipinski definition) is 1. The maximum Gasteiger partial charge on any atom is 0.196 e. The van der Waals surface area contributed by atoms with E-state index in [0.717, 1.165) is 5.52 Å². The maximum atomic E-state index is 13.5. The molecular formula is C16H11ClFNO2. The molecule has 0 saturated heterocycles. The van der Waals surface area contributed by atoms with Crippen molar-refractivity contribution in [3.8, 4) is 5.75 Å². The minimum Gasteiger partial charge on any atom is -0.496 e. The third-order valence-electron chi connectivity index (χ3n) is 3.33. The summed E-state index contributed by atoms with van der Waals surface area (Å²) in [5.74, 6) is -0.394. The Morgan fingerprint density at radius 1 is 1.19 bits per heavy atom. The van der Waals surface area contributed by atoms with Gasteiger partial charge in [-0.05, 0) is 24.3 Å². The van der Waals surface area contributed by atoms with Crippen LogP contribution >= 0.6 is 11.6 Å². The van der Waals surface area contributed by atoms with E-state index in [4.69, 9.17) is 16.3 Å². The summed E-state index contributed by atoms with van der Waals surface area (Å²) in [5, 5.41) is 0.483. The van der Waals surface area contributed by atoms with Crippen LogP contribution in [0.3, 0.4) is 0 Å². The summed E-state index contributed by atoms with van der Waals surface area (Å²) >= 11 is 5.89. The standard InChI is InChI=1S/C16H11ClFNO2/c1-21-13-7-3-6-12-14(13)10(8-19-12)16(20)9-4-2-5-11(18)15(9)17/h2-8,19H,1H3. The highest BCUT2D eigenvalue weighted by atomic mass is 35.5. The Morgan fingerprint density at radius 2 is 1.95 bits per heavy atom. The first-order valence-electron chi connectivity index (χ1n) is 6.26. The molecule has 0 aliphatic carbocycles. The molecule has 0 atom stereocenters. The van der Waals surface area contributed by atoms with Crippen molar-refractivity contribution in [3.63, 3.8) is 0 Å². The number of carbonyl (C=O) groups excluding carboxylic acids is 1. The Hall–Kier alpha value is -2.33. The number of benzene rings is 2. The number of methoxy groups -OCH3 is 1. The first-order chi connectivity index (χ1) is 10.1. The van der Waals surface area contributed by atoms with Gasteiger partial charge < -0.3 is 9.72 Å². The SMILES string of the molecule is COc1cccc2[nH]cc(C(=O)c3cccc(F)c3Cl)c12. The molecule has 0 aliphatic heterocycles. The fourth-order valence-electron chi connectivity index (χ4n) is 2.32. The van der Waals surface area contributed by atoms with Crippen LogP contribution in [-0.4, -0.2) is 17.9 Å². The van der Waals surface area contributed by atoms with Crippen LogP contribution in [-0.2, 0) is 0 Å². The van der Waals surface area contributed by atoms with E-state index in [1.807, 2.05) is 12.1 Å². The molecule has 5 heteroatoms. The number of carbonyl (C=O) groups is 1. The molecule has 2 aromatic carbocycles. The van der Waals surface area contributed by atoms with Crippen LogP contribution in [0.4, 0.5) is 4.39 Å². The minimum absolute atomic E-state index is 0.128. The zero-order valence-corrected chi connectivity index (χ0v) is 11.9. The normalized spacial score (nSPS) is 10.8. The molecule has 0 fully saturated rings. The Bertz CT molecular complexity index is 841. The number of H-pyrrole nitrogens is 1. The van der Waals surface area contributed by atoms with E-state index >= 15 is 0 Å². The minimum atomic E-state index is -0.616. The average molecular weight is 304 g/mol. The molecule has 0 spiro atoms. The van der Waals surface area contributed by atoms with Gasteiger partial charge in [-0.2, -0.15) is 0 Å². The van der Waals surface area contributed by atoms with E-state index < -0.39 is 5.82 Å². The van der Waals surface area contributed by atoms with Gasteiger partial charge in [0, 0.05) is 17.3 Å². The second-order valence-electron chi connectivity index (χ2n) is 4.52. The van der Waals surface area contributed by atoms with Gasteiger partial charge in [0.15, 0.2) is 5.78 Å². The molecule has 0 amide bonds. The van der Waals surface area contributed by atoms with Crippen molar-refractivity contribution < 1.29 is 13.9 Å². The topological polar surface area (TPSA) is 42.1 Å². The van der Waals surface area contributed by atoms with Crippen molar-refractivity contribution in [1.29, 1.82) is 0 Å². The summed E-state index contributed by atoms with van der Waals surface area (Å²) in [4.78, 5) is 15.6. The summed E-state index contributed by atoms with van der Waals surface area (Å²) in [6, 6.07) is 9.60. The number of fused-ring (bicyclic) bond motifs is 1. The lowest BCUT2D eigenvalue weighted by Gasteiger charge is -2.06. The number of nitrogens with one attached hydrogen (secondary N) is 1. The van der Waals surface area contributed by atoms with Crippen LogP contribution in [0.15, 0.2) is 42.6 Å². The van der Waals surface area contributed by atoms with Gasteiger partial charge in [-0.1, -0.05) is 23.7 Å². The number of ether oxygens (including phenoxy) is 1. The summed E-state index contributed by atoms with van der Waals surface area (Å²) in [6.07, 6.45) is 1.58. The molecule has 1 heterocycles. The van der Waals surface area contributed by atoms with Crippen molar-refractivity contribution in [2.45, 2.75) is 0 Å². The number of aromatic amines is 1. The Balaban J connectivity index is 2.21. The number of ketones is 1. The zero-order valence-electron chi connectivity index (χ0n) is 11.1. The van der Waals surface area contributed by atoms with Gasteiger partial charge in [0.1, 0.15) is 11.6 Å². The van der Waals surface area contributed by atoms with Crippen LogP contribution in [0.5, 0.6) is 5.75 Å². The largest absolute Gasteiger partial charge is 0.496 e. The first kappa shape index (κ1) is 13.6. The lowest BCUT2D eigenvalue weighted by molar-refractivity contribution is 0.104. The highest BCUT2D eigenvalue weighted by Gasteiger charge is 2.20.